The maximum atomic E-state index is 5.23. The molecule has 0 atom stereocenters. The van der Waals surface area contributed by atoms with Crippen molar-refractivity contribution >= 4 is 0 Å². The summed E-state index contributed by atoms with van der Waals surface area (Å²) >= 11 is 0. The first-order valence-electron chi connectivity index (χ1n) is 5.09. The van der Waals surface area contributed by atoms with E-state index < -0.39 is 0 Å². The molecular formula is C10H17N3O. The molecule has 4 heteroatoms. The molecule has 0 radical (unpaired) electrons. The van der Waals surface area contributed by atoms with E-state index in [1.165, 1.54) is 18.5 Å². The highest BCUT2D eigenvalue weighted by Gasteiger charge is 2.20. The molecule has 1 aliphatic carbocycles. The number of ether oxygens (including phenoxy) is 1. The summed E-state index contributed by atoms with van der Waals surface area (Å²) in [6.45, 7) is 1.01. The van der Waals surface area contributed by atoms with Crippen LogP contribution in [0.1, 0.15) is 18.5 Å². The van der Waals surface area contributed by atoms with Crippen molar-refractivity contribution in [1.29, 1.82) is 0 Å². The first kappa shape index (κ1) is 9.52. The third-order valence-electron chi connectivity index (χ3n) is 2.62. The lowest BCUT2D eigenvalue weighted by Crippen LogP contribution is -2.20. The van der Waals surface area contributed by atoms with E-state index in [-0.39, 0.29) is 0 Å². The Morgan fingerprint density at radius 3 is 3.07 bits per heavy atom. The second kappa shape index (κ2) is 4.00. The van der Waals surface area contributed by atoms with Crippen molar-refractivity contribution in [3.05, 3.63) is 11.9 Å². The standard InChI is InChI=1S/C10H17N3O/c1-13-9(10(14-2)7-12-13)5-6-11-8-3-4-8/h7-8,11H,3-6H2,1-2H3. The van der Waals surface area contributed by atoms with Crippen LogP contribution >= 0.6 is 0 Å². The summed E-state index contributed by atoms with van der Waals surface area (Å²) in [7, 11) is 3.64. The SMILES string of the molecule is COc1cnn(C)c1CCNC1CC1. The molecule has 4 nitrogen and oxygen atoms in total. The van der Waals surface area contributed by atoms with E-state index in [9.17, 15) is 0 Å². The summed E-state index contributed by atoms with van der Waals surface area (Å²) in [5.74, 6) is 0.894. The summed E-state index contributed by atoms with van der Waals surface area (Å²) in [4.78, 5) is 0. The van der Waals surface area contributed by atoms with E-state index in [1.54, 1.807) is 13.3 Å². The van der Waals surface area contributed by atoms with Gasteiger partial charge in [0, 0.05) is 26.1 Å². The molecule has 0 amide bonds. The van der Waals surface area contributed by atoms with Gasteiger partial charge in [0.1, 0.15) is 0 Å². The van der Waals surface area contributed by atoms with Crippen LogP contribution in [0.4, 0.5) is 0 Å². The van der Waals surface area contributed by atoms with Gasteiger partial charge in [-0.05, 0) is 12.8 Å². The largest absolute Gasteiger partial charge is 0.493 e. The number of nitrogens with one attached hydrogen (secondary N) is 1. The van der Waals surface area contributed by atoms with Crippen LogP contribution in [-0.2, 0) is 13.5 Å². The first-order valence-corrected chi connectivity index (χ1v) is 5.09. The highest BCUT2D eigenvalue weighted by atomic mass is 16.5. The summed E-state index contributed by atoms with van der Waals surface area (Å²) in [6, 6.07) is 0.772. The Balaban J connectivity index is 1.88. The number of rotatable bonds is 5. The number of aromatic nitrogens is 2. The molecule has 14 heavy (non-hydrogen) atoms. The van der Waals surface area contributed by atoms with Gasteiger partial charge in [-0.15, -0.1) is 0 Å². The Morgan fingerprint density at radius 1 is 1.64 bits per heavy atom. The van der Waals surface area contributed by atoms with Gasteiger partial charge in [-0.1, -0.05) is 0 Å². The molecule has 0 aliphatic heterocycles. The van der Waals surface area contributed by atoms with Crippen LogP contribution in [0.25, 0.3) is 0 Å². The maximum Gasteiger partial charge on any atom is 0.159 e. The van der Waals surface area contributed by atoms with E-state index >= 15 is 0 Å². The van der Waals surface area contributed by atoms with Crippen LogP contribution in [0, 0.1) is 0 Å². The van der Waals surface area contributed by atoms with Gasteiger partial charge in [0.15, 0.2) is 5.75 Å². The summed E-state index contributed by atoms with van der Waals surface area (Å²) in [5, 5.41) is 7.64. The van der Waals surface area contributed by atoms with Crippen LogP contribution in [0.15, 0.2) is 6.20 Å². The Bertz CT molecular complexity index is 304. The van der Waals surface area contributed by atoms with Crippen LogP contribution in [0.3, 0.4) is 0 Å². The van der Waals surface area contributed by atoms with E-state index in [4.69, 9.17) is 4.74 Å². The Labute approximate surface area is 84.3 Å². The lowest BCUT2D eigenvalue weighted by molar-refractivity contribution is 0.407. The van der Waals surface area contributed by atoms with Gasteiger partial charge in [-0.3, -0.25) is 4.68 Å². The molecular weight excluding hydrogens is 178 g/mol. The Morgan fingerprint density at radius 2 is 2.43 bits per heavy atom. The molecule has 78 valence electrons. The third kappa shape index (κ3) is 2.07. The molecule has 1 saturated carbocycles. The fourth-order valence-corrected chi connectivity index (χ4v) is 1.58. The zero-order chi connectivity index (χ0) is 9.97. The van der Waals surface area contributed by atoms with E-state index in [0.717, 1.165) is 24.8 Å². The van der Waals surface area contributed by atoms with Crippen molar-refractivity contribution in [3.8, 4) is 5.75 Å². The number of nitrogens with zero attached hydrogens (tertiary/aromatic N) is 2. The van der Waals surface area contributed by atoms with E-state index in [2.05, 4.69) is 10.4 Å². The summed E-state index contributed by atoms with van der Waals surface area (Å²) in [6.07, 6.45) is 5.42. The smallest absolute Gasteiger partial charge is 0.159 e. The fraction of sp³-hybridized carbons (Fsp3) is 0.700. The Hall–Kier alpha value is -1.03. The minimum atomic E-state index is 0.772. The quantitative estimate of drug-likeness (QED) is 0.752. The van der Waals surface area contributed by atoms with Gasteiger partial charge in [-0.2, -0.15) is 5.10 Å². The van der Waals surface area contributed by atoms with Gasteiger partial charge >= 0.3 is 0 Å². The van der Waals surface area contributed by atoms with Crippen molar-refractivity contribution in [2.75, 3.05) is 13.7 Å². The summed E-state index contributed by atoms with van der Waals surface area (Å²) in [5.41, 5.74) is 1.17. The van der Waals surface area contributed by atoms with Gasteiger partial charge in [0.05, 0.1) is 19.0 Å². The lowest BCUT2D eigenvalue weighted by atomic mass is 10.3. The van der Waals surface area contributed by atoms with Gasteiger partial charge in [-0.25, -0.2) is 0 Å². The molecule has 1 N–H and O–H groups in total. The molecule has 1 fully saturated rings. The van der Waals surface area contributed by atoms with E-state index in [0.29, 0.717) is 0 Å². The first-order chi connectivity index (χ1) is 6.81. The second-order valence-corrected chi connectivity index (χ2v) is 3.76. The average Bonchev–Trinajstić information content (AvgIpc) is 2.93. The van der Waals surface area contributed by atoms with Crippen molar-refractivity contribution in [2.45, 2.75) is 25.3 Å². The normalized spacial score (nSPS) is 15.9. The molecule has 0 saturated heterocycles. The second-order valence-electron chi connectivity index (χ2n) is 3.76. The molecule has 0 spiro atoms. The predicted octanol–water partition coefficient (Wildman–Crippen LogP) is 0.723. The number of aryl methyl sites for hydroxylation is 1. The zero-order valence-electron chi connectivity index (χ0n) is 8.79. The molecule has 1 aliphatic rings. The van der Waals surface area contributed by atoms with Crippen LogP contribution < -0.4 is 10.1 Å². The maximum absolute atomic E-state index is 5.23. The lowest BCUT2D eigenvalue weighted by Gasteiger charge is -2.05. The van der Waals surface area contributed by atoms with Crippen LogP contribution in [-0.4, -0.2) is 29.5 Å². The minimum Gasteiger partial charge on any atom is -0.493 e. The molecule has 0 unspecified atom stereocenters. The monoisotopic (exact) mass is 195 g/mol. The molecule has 1 aromatic heterocycles. The van der Waals surface area contributed by atoms with Crippen molar-refractivity contribution in [2.24, 2.45) is 7.05 Å². The highest BCUT2D eigenvalue weighted by Crippen LogP contribution is 2.20. The molecule has 0 aromatic carbocycles. The topological polar surface area (TPSA) is 39.1 Å². The molecule has 1 heterocycles. The third-order valence-corrected chi connectivity index (χ3v) is 2.62. The van der Waals surface area contributed by atoms with Crippen molar-refractivity contribution in [3.63, 3.8) is 0 Å². The van der Waals surface area contributed by atoms with Gasteiger partial charge in [0.25, 0.3) is 0 Å². The number of hydrogen-bond acceptors (Lipinski definition) is 3. The number of hydrogen-bond donors (Lipinski definition) is 1. The van der Waals surface area contributed by atoms with Crippen molar-refractivity contribution < 1.29 is 4.74 Å². The van der Waals surface area contributed by atoms with Crippen LogP contribution in [0.2, 0.25) is 0 Å². The fourth-order valence-electron chi connectivity index (χ4n) is 1.58. The Kier molecular flexibility index (Phi) is 2.72. The minimum absolute atomic E-state index is 0.772. The van der Waals surface area contributed by atoms with Gasteiger partial charge < -0.3 is 10.1 Å². The van der Waals surface area contributed by atoms with Gasteiger partial charge in [0.2, 0.25) is 0 Å². The molecule has 1 aromatic rings. The van der Waals surface area contributed by atoms with Crippen molar-refractivity contribution in [1.82, 2.24) is 15.1 Å². The summed E-state index contributed by atoms with van der Waals surface area (Å²) < 4.78 is 7.11. The molecule has 2 rings (SSSR count). The number of methoxy groups -OCH3 is 1. The van der Waals surface area contributed by atoms with E-state index in [1.807, 2.05) is 11.7 Å². The molecule has 0 bridgehead atoms. The zero-order valence-corrected chi connectivity index (χ0v) is 8.79. The average molecular weight is 195 g/mol. The van der Waals surface area contributed by atoms with Crippen LogP contribution in [0.5, 0.6) is 5.75 Å². The predicted molar refractivity (Wildman–Crippen MR) is 54.5 cm³/mol. The highest BCUT2D eigenvalue weighted by molar-refractivity contribution is 5.25.